The van der Waals surface area contributed by atoms with E-state index in [2.05, 4.69) is 16.9 Å². The van der Waals surface area contributed by atoms with Crippen molar-refractivity contribution in [1.82, 2.24) is 0 Å². The average Bonchev–Trinajstić information content (AvgIpc) is 3.33. The van der Waals surface area contributed by atoms with E-state index in [9.17, 15) is 18.0 Å². The van der Waals surface area contributed by atoms with Crippen LogP contribution in [0.3, 0.4) is 0 Å². The van der Waals surface area contributed by atoms with Gasteiger partial charge in [0, 0.05) is 30.2 Å². The summed E-state index contributed by atoms with van der Waals surface area (Å²) in [5.74, 6) is -0.706. The lowest BCUT2D eigenvalue weighted by molar-refractivity contribution is -0.275. The van der Waals surface area contributed by atoms with Gasteiger partial charge < -0.3 is 15.4 Å². The highest BCUT2D eigenvalue weighted by Gasteiger charge is 2.62. The van der Waals surface area contributed by atoms with Gasteiger partial charge in [-0.25, -0.2) is 0 Å². The Labute approximate surface area is 230 Å². The van der Waals surface area contributed by atoms with Crippen molar-refractivity contribution in [1.29, 1.82) is 0 Å². The molecule has 3 aromatic carbocycles. The predicted molar refractivity (Wildman–Crippen MR) is 142 cm³/mol. The summed E-state index contributed by atoms with van der Waals surface area (Å²) in [6.45, 7) is 3.70. The summed E-state index contributed by atoms with van der Waals surface area (Å²) in [5.41, 5.74) is 3.41. The minimum absolute atomic E-state index is 0.00200. The van der Waals surface area contributed by atoms with Gasteiger partial charge in [0.1, 0.15) is 6.61 Å². The van der Waals surface area contributed by atoms with Crippen molar-refractivity contribution < 1.29 is 27.6 Å². The fourth-order valence-corrected chi connectivity index (χ4v) is 4.84. The van der Waals surface area contributed by atoms with Crippen molar-refractivity contribution >= 4 is 63.4 Å². The van der Waals surface area contributed by atoms with Gasteiger partial charge in [-0.15, -0.1) is 0 Å². The second kappa shape index (κ2) is 10.8. The topological polar surface area (TPSA) is 86.3 Å². The molecule has 1 unspecified atom stereocenters. The minimum atomic E-state index is -4.90. The molecule has 0 spiro atoms. The van der Waals surface area contributed by atoms with Crippen LogP contribution in [0.1, 0.15) is 33.5 Å². The summed E-state index contributed by atoms with van der Waals surface area (Å²) in [6.07, 6.45) is -2.57. The molecule has 0 radical (unpaired) electrons. The molecule has 3 aromatic rings. The van der Waals surface area contributed by atoms with E-state index < -0.39 is 24.1 Å². The van der Waals surface area contributed by atoms with Crippen LogP contribution < -0.4 is 5.73 Å². The summed E-state index contributed by atoms with van der Waals surface area (Å²) in [5, 5.41) is 8.17. The number of carbonyl (C=O) groups excluding carboxylic acids is 1. The molecule has 1 heterocycles. The number of carbonyl (C=O) groups is 1. The number of benzene rings is 3. The second-order valence-corrected chi connectivity index (χ2v) is 9.52. The molecule has 1 amide bonds. The first-order valence-corrected chi connectivity index (χ1v) is 12.2. The maximum atomic E-state index is 14.6. The van der Waals surface area contributed by atoms with Crippen LogP contribution in [0.4, 0.5) is 13.2 Å². The molecule has 0 saturated heterocycles. The fourth-order valence-electron chi connectivity index (χ4n) is 4.24. The number of alkyl halides is 3. The molecule has 0 aliphatic carbocycles. The van der Waals surface area contributed by atoms with Gasteiger partial charge in [-0.3, -0.25) is 4.79 Å². The van der Waals surface area contributed by atoms with Crippen LogP contribution in [0.2, 0.25) is 15.1 Å². The van der Waals surface area contributed by atoms with Crippen molar-refractivity contribution in [2.75, 3.05) is 6.61 Å². The zero-order chi connectivity index (χ0) is 27.7. The molecule has 0 bridgehead atoms. The van der Waals surface area contributed by atoms with Crippen LogP contribution in [0.15, 0.2) is 65.4 Å². The number of oxime groups is 2. The van der Waals surface area contributed by atoms with E-state index in [0.717, 1.165) is 12.1 Å². The lowest BCUT2D eigenvalue weighted by Gasteiger charge is -2.30. The van der Waals surface area contributed by atoms with Crippen LogP contribution in [0.5, 0.6) is 0 Å². The Kier molecular flexibility index (Phi) is 7.92. The van der Waals surface area contributed by atoms with Gasteiger partial charge in [-0.2, -0.15) is 13.2 Å². The number of fused-ring (bicyclic) bond motifs is 1. The van der Waals surface area contributed by atoms with Crippen LogP contribution in [-0.4, -0.2) is 30.6 Å². The van der Waals surface area contributed by atoms with Gasteiger partial charge in [0.2, 0.25) is 5.91 Å². The quantitative estimate of drug-likeness (QED) is 0.0998. The zero-order valence-electron chi connectivity index (χ0n) is 19.5. The first-order valence-electron chi connectivity index (χ1n) is 11.1. The number of primary amides is 1. The molecule has 6 nitrogen and oxygen atoms in total. The number of hydrogen-bond donors (Lipinski definition) is 1. The molecular formula is C26H19Cl3F3N3O3. The van der Waals surface area contributed by atoms with E-state index in [1.807, 2.05) is 0 Å². The molecule has 2 N–H and O–H groups in total. The first-order chi connectivity index (χ1) is 18.0. The van der Waals surface area contributed by atoms with Crippen molar-refractivity contribution in [3.63, 3.8) is 0 Å². The van der Waals surface area contributed by atoms with E-state index in [1.54, 1.807) is 30.3 Å². The van der Waals surface area contributed by atoms with E-state index in [4.69, 9.17) is 50.2 Å². The molecule has 0 saturated carbocycles. The standard InChI is InChI=1S/C26H19Cl3F3N3O3/c1-2-9-37-34-8-7-14-10-18(16-5-3-4-6-17(16)22(14)24(33)36)21-13-25(38-35-21,26(30,31)32)15-11-19(27)23(29)20(28)12-15/h2-6,8,10-12H,1,7,9,13H2,(H2,33,36). The fraction of sp³-hybridized carbons (Fsp3) is 0.192. The van der Waals surface area contributed by atoms with Gasteiger partial charge in [0.05, 0.1) is 26.3 Å². The van der Waals surface area contributed by atoms with E-state index in [1.165, 1.54) is 12.3 Å². The monoisotopic (exact) mass is 583 g/mol. The minimum Gasteiger partial charge on any atom is -0.392 e. The third-order valence-electron chi connectivity index (χ3n) is 5.97. The second-order valence-electron chi connectivity index (χ2n) is 8.33. The Morgan fingerprint density at radius 1 is 1.18 bits per heavy atom. The maximum absolute atomic E-state index is 14.6. The Hall–Kier alpha value is -3.27. The smallest absolute Gasteiger partial charge is 0.392 e. The number of nitrogens with zero attached hydrogens (tertiary/aromatic N) is 2. The Morgan fingerprint density at radius 2 is 1.84 bits per heavy atom. The van der Waals surface area contributed by atoms with Crippen LogP contribution >= 0.6 is 34.8 Å². The Balaban J connectivity index is 1.85. The summed E-state index contributed by atoms with van der Waals surface area (Å²) in [7, 11) is 0. The van der Waals surface area contributed by atoms with E-state index in [0.29, 0.717) is 21.9 Å². The maximum Gasteiger partial charge on any atom is 0.435 e. The predicted octanol–water partition coefficient (Wildman–Crippen LogP) is 7.21. The summed E-state index contributed by atoms with van der Waals surface area (Å²) < 4.78 is 43.7. The van der Waals surface area contributed by atoms with Crippen molar-refractivity contribution in [3.05, 3.63) is 92.4 Å². The van der Waals surface area contributed by atoms with Crippen LogP contribution in [0.25, 0.3) is 10.8 Å². The Morgan fingerprint density at radius 3 is 2.45 bits per heavy atom. The van der Waals surface area contributed by atoms with Gasteiger partial charge in [-0.05, 0) is 34.5 Å². The third-order valence-corrected chi connectivity index (χ3v) is 7.17. The first kappa shape index (κ1) is 27.8. The van der Waals surface area contributed by atoms with Crippen LogP contribution in [-0.2, 0) is 21.7 Å². The third kappa shape index (κ3) is 5.06. The number of halogens is 6. The number of hydrogen-bond acceptors (Lipinski definition) is 5. The molecule has 198 valence electrons. The van der Waals surface area contributed by atoms with E-state index in [-0.39, 0.29) is 44.9 Å². The van der Waals surface area contributed by atoms with Gasteiger partial charge in [0.25, 0.3) is 5.60 Å². The SMILES string of the molecule is C=CCON=CCc1cc(C2=NOC(c3cc(Cl)c(Cl)c(Cl)c3)(C(F)(F)F)C2)c2ccccc2c1C(N)=O. The highest BCUT2D eigenvalue weighted by Crippen LogP contribution is 2.51. The highest BCUT2D eigenvalue weighted by molar-refractivity contribution is 6.48. The lowest BCUT2D eigenvalue weighted by atomic mass is 9.84. The molecule has 4 rings (SSSR count). The van der Waals surface area contributed by atoms with Crippen LogP contribution in [0, 0.1) is 0 Å². The molecular weight excluding hydrogens is 566 g/mol. The van der Waals surface area contributed by atoms with Gasteiger partial charge in [-0.1, -0.05) is 82.0 Å². The van der Waals surface area contributed by atoms with Crippen molar-refractivity contribution in [2.45, 2.75) is 24.6 Å². The highest BCUT2D eigenvalue weighted by atomic mass is 35.5. The van der Waals surface area contributed by atoms with Crippen molar-refractivity contribution in [3.8, 4) is 0 Å². The largest absolute Gasteiger partial charge is 0.435 e. The van der Waals surface area contributed by atoms with Crippen molar-refractivity contribution in [2.24, 2.45) is 16.0 Å². The number of nitrogens with two attached hydrogens (primary N) is 1. The Bertz CT molecular complexity index is 1470. The zero-order valence-corrected chi connectivity index (χ0v) is 21.8. The molecule has 0 fully saturated rings. The average molecular weight is 585 g/mol. The normalized spacial score (nSPS) is 17.5. The summed E-state index contributed by atoms with van der Waals surface area (Å²) in [4.78, 5) is 22.6. The molecule has 1 aliphatic rings. The molecule has 1 aliphatic heterocycles. The summed E-state index contributed by atoms with van der Waals surface area (Å²) >= 11 is 18.0. The van der Waals surface area contributed by atoms with Gasteiger partial charge >= 0.3 is 6.18 Å². The van der Waals surface area contributed by atoms with E-state index >= 15 is 0 Å². The number of rotatable bonds is 8. The molecule has 12 heteroatoms. The number of amides is 1. The molecule has 0 aromatic heterocycles. The lowest BCUT2D eigenvalue weighted by Crippen LogP contribution is -2.42. The molecule has 1 atom stereocenters. The molecule has 38 heavy (non-hydrogen) atoms. The summed E-state index contributed by atoms with van der Waals surface area (Å²) in [6, 6.07) is 10.4. The van der Waals surface area contributed by atoms with Gasteiger partial charge in [0.15, 0.2) is 0 Å².